The highest BCUT2D eigenvalue weighted by Gasteiger charge is 2.41. The fraction of sp³-hybridized carbons (Fsp3) is 0.604. The molecular formula is C53H74N4O5. The van der Waals surface area contributed by atoms with E-state index < -0.39 is 5.97 Å². The van der Waals surface area contributed by atoms with Gasteiger partial charge < -0.3 is 20.3 Å². The highest BCUT2D eigenvalue weighted by molar-refractivity contribution is 6.21. The van der Waals surface area contributed by atoms with Crippen LogP contribution in [0.15, 0.2) is 107 Å². The average Bonchev–Trinajstić information content (AvgIpc) is 4.00. The fourth-order valence-electron chi connectivity index (χ4n) is 10.0. The lowest BCUT2D eigenvalue weighted by Crippen LogP contribution is -2.15. The van der Waals surface area contributed by atoms with Crippen LogP contribution in [-0.4, -0.2) is 39.3 Å². The average molecular weight is 847 g/mol. The molecule has 9 heteroatoms. The second-order valence-electron chi connectivity index (χ2n) is 18.5. The number of nitrogens with zero attached hydrogens (tertiary/aromatic N) is 3. The van der Waals surface area contributed by atoms with E-state index in [2.05, 4.69) is 33.0 Å². The minimum Gasteiger partial charge on any atom is -0.511 e. The van der Waals surface area contributed by atoms with Crippen LogP contribution in [0.4, 0.5) is 0 Å². The Morgan fingerprint density at radius 1 is 0.710 bits per heavy atom. The van der Waals surface area contributed by atoms with Crippen LogP contribution < -0.4 is 5.32 Å². The molecular weight excluding hydrogens is 773 g/mol. The van der Waals surface area contributed by atoms with Gasteiger partial charge >= 0.3 is 11.9 Å². The number of carbonyl (C=O) groups excluding carboxylic acids is 1. The van der Waals surface area contributed by atoms with E-state index in [1.54, 1.807) is 0 Å². The quantitative estimate of drug-likeness (QED) is 0.0619. The fourth-order valence-corrected chi connectivity index (χ4v) is 10.0. The molecule has 0 radical (unpaired) electrons. The molecule has 336 valence electrons. The van der Waals surface area contributed by atoms with Gasteiger partial charge in [-0.1, -0.05) is 136 Å². The van der Waals surface area contributed by atoms with Crippen molar-refractivity contribution in [2.24, 2.45) is 26.8 Å². The number of fused-ring (bicyclic) bond motifs is 5. The molecule has 0 saturated carbocycles. The van der Waals surface area contributed by atoms with E-state index in [0.29, 0.717) is 36.4 Å². The number of unbranched alkanes of at least 4 members (excludes halogenated alkanes) is 18. The summed E-state index contributed by atoms with van der Waals surface area (Å²) < 4.78 is 6.20. The number of rotatable bonds is 25. The van der Waals surface area contributed by atoms with Crippen LogP contribution in [0, 0.1) is 11.8 Å². The Balaban J connectivity index is 1.07. The predicted molar refractivity (Wildman–Crippen MR) is 253 cm³/mol. The smallest absolute Gasteiger partial charge is 0.311 e. The van der Waals surface area contributed by atoms with Gasteiger partial charge in [-0.05, 0) is 75.0 Å². The van der Waals surface area contributed by atoms with Crippen LogP contribution in [-0.2, 0) is 14.3 Å². The third-order valence-corrected chi connectivity index (χ3v) is 13.9. The second kappa shape index (κ2) is 22.7. The number of aliphatic carboxylic acids is 1. The molecule has 0 aromatic carbocycles. The summed E-state index contributed by atoms with van der Waals surface area (Å²) in [6.45, 7) is 12.5. The Kier molecular flexibility index (Phi) is 17.2. The molecule has 5 aliphatic heterocycles. The Bertz CT molecular complexity index is 2080. The topological polar surface area (TPSA) is 133 Å². The van der Waals surface area contributed by atoms with Crippen LogP contribution in [0.3, 0.4) is 0 Å². The van der Waals surface area contributed by atoms with E-state index in [1.807, 2.05) is 32.1 Å². The second-order valence-corrected chi connectivity index (χ2v) is 18.5. The number of aliphatic imine (C=N–C) groups is 3. The molecule has 0 aromatic heterocycles. The van der Waals surface area contributed by atoms with Gasteiger partial charge in [-0.2, -0.15) is 0 Å². The van der Waals surface area contributed by atoms with Crippen molar-refractivity contribution in [1.82, 2.24) is 5.32 Å². The summed E-state index contributed by atoms with van der Waals surface area (Å²) in [6, 6.07) is 0. The Hall–Kier alpha value is -4.53. The molecule has 0 amide bonds. The van der Waals surface area contributed by atoms with Crippen LogP contribution in [0.1, 0.15) is 196 Å². The van der Waals surface area contributed by atoms with Crippen molar-refractivity contribution >= 4 is 29.1 Å². The summed E-state index contributed by atoms with van der Waals surface area (Å²) in [5.74, 6) is -0.549. The highest BCUT2D eigenvalue weighted by Crippen LogP contribution is 2.46. The summed E-state index contributed by atoms with van der Waals surface area (Å²) in [6.07, 6.45) is 32.7. The zero-order valence-electron chi connectivity index (χ0n) is 38.8. The van der Waals surface area contributed by atoms with E-state index >= 15 is 0 Å². The molecule has 2 atom stereocenters. The summed E-state index contributed by atoms with van der Waals surface area (Å²) in [5.41, 5.74) is 11.6. The van der Waals surface area contributed by atoms with E-state index in [-0.39, 0.29) is 30.0 Å². The number of carbonyl (C=O) groups is 2. The van der Waals surface area contributed by atoms with Gasteiger partial charge in [0.25, 0.3) is 0 Å². The third kappa shape index (κ3) is 11.5. The molecule has 62 heavy (non-hydrogen) atoms. The van der Waals surface area contributed by atoms with Gasteiger partial charge in [0.05, 0.1) is 28.5 Å². The van der Waals surface area contributed by atoms with Crippen LogP contribution in [0.5, 0.6) is 0 Å². The van der Waals surface area contributed by atoms with Crippen molar-refractivity contribution in [1.29, 1.82) is 0 Å². The van der Waals surface area contributed by atoms with Gasteiger partial charge in [0, 0.05) is 59.2 Å². The van der Waals surface area contributed by atoms with Gasteiger partial charge in [0.2, 0.25) is 0 Å². The number of aliphatic hydroxyl groups is 1. The zero-order chi connectivity index (χ0) is 44.2. The van der Waals surface area contributed by atoms with Crippen molar-refractivity contribution < 1.29 is 24.5 Å². The van der Waals surface area contributed by atoms with Gasteiger partial charge in [-0.25, -0.2) is 15.0 Å². The number of carboxylic acids is 1. The van der Waals surface area contributed by atoms with Crippen LogP contribution in [0.2, 0.25) is 0 Å². The van der Waals surface area contributed by atoms with Crippen molar-refractivity contribution in [3.8, 4) is 0 Å². The maximum atomic E-state index is 13.5. The molecule has 1 aliphatic carbocycles. The first-order valence-corrected chi connectivity index (χ1v) is 24.4. The maximum absolute atomic E-state index is 13.5. The monoisotopic (exact) mass is 847 g/mol. The number of hydrogen-bond acceptors (Lipinski definition) is 8. The number of esters is 1. The number of nitrogens with one attached hydrogen (secondary N) is 1. The standard InChI is InChI=1S/C53H74N4O5/c1-7-9-10-11-12-13-14-15-16-17-18-19-20-21-22-23-24-25-26-27-49(61)62-53-37(6)44-31-42-35(4)39(28-29-48(59)60)51(56-42)40-30-47(58)50-36(5)43(57-52(40)50)32-45-38(8-2)34(3)41(54-45)33-46(53)55-44/h31-33,35,39,56,58H,7-30H2,1-6H3,(H,59,60)/t35-,39-/m0/s1. The molecule has 5 heterocycles. The molecule has 8 bridgehead atoms. The van der Waals surface area contributed by atoms with Gasteiger partial charge in [-0.3, -0.25) is 9.59 Å². The van der Waals surface area contributed by atoms with Gasteiger partial charge in [-0.15, -0.1) is 0 Å². The molecule has 3 N–H and O–H groups in total. The minimum absolute atomic E-state index is 0.0199. The van der Waals surface area contributed by atoms with Gasteiger partial charge in [0.1, 0.15) is 11.5 Å². The molecule has 1 fully saturated rings. The Labute approximate surface area is 371 Å². The van der Waals surface area contributed by atoms with Crippen molar-refractivity contribution in [3.63, 3.8) is 0 Å². The molecule has 9 nitrogen and oxygen atoms in total. The minimum atomic E-state index is -0.845. The van der Waals surface area contributed by atoms with E-state index in [0.717, 1.165) is 93.3 Å². The number of aliphatic hydroxyl groups excluding tert-OH is 1. The lowest BCUT2D eigenvalue weighted by molar-refractivity contribution is -0.139. The maximum Gasteiger partial charge on any atom is 0.311 e. The molecule has 0 aromatic rings. The number of ether oxygens (including phenoxy) is 1. The lowest BCUT2D eigenvalue weighted by Gasteiger charge is -2.17. The predicted octanol–water partition coefficient (Wildman–Crippen LogP) is 13.8. The first-order chi connectivity index (χ1) is 30.0. The van der Waals surface area contributed by atoms with Crippen LogP contribution >= 0.6 is 0 Å². The highest BCUT2D eigenvalue weighted by atomic mass is 16.5. The van der Waals surface area contributed by atoms with Crippen molar-refractivity contribution in [3.05, 3.63) is 91.7 Å². The Morgan fingerprint density at radius 3 is 1.85 bits per heavy atom. The molecule has 0 spiro atoms. The first-order valence-electron chi connectivity index (χ1n) is 24.4. The molecule has 6 aliphatic rings. The molecule has 6 rings (SSSR count). The van der Waals surface area contributed by atoms with Crippen molar-refractivity contribution in [2.75, 3.05) is 0 Å². The van der Waals surface area contributed by atoms with E-state index in [9.17, 15) is 19.8 Å². The summed E-state index contributed by atoms with van der Waals surface area (Å²) in [5, 5.41) is 24.7. The first kappa shape index (κ1) is 47.0. The third-order valence-electron chi connectivity index (χ3n) is 13.9. The SMILES string of the molecule is CCCCCCCCCCCCCCCCCCCCCC(=O)OC1=C(C)C2=NC1=CC1=NC(=CC3=C(C)C4=C(O)CC(=C5NC(=C2)[C@@H](C)[C@@H]5CCC(=O)O)C4=N3)C(CC)=C1C. The summed E-state index contributed by atoms with van der Waals surface area (Å²) in [4.78, 5) is 40.6. The molecule has 1 saturated heterocycles. The Morgan fingerprint density at radius 2 is 1.27 bits per heavy atom. The van der Waals surface area contributed by atoms with Crippen molar-refractivity contribution in [2.45, 2.75) is 196 Å². The summed E-state index contributed by atoms with van der Waals surface area (Å²) in [7, 11) is 0. The zero-order valence-corrected chi connectivity index (χ0v) is 38.8. The number of carboxylic acid groups (broad SMARTS) is 1. The number of allylic oxidation sites excluding steroid dienone is 11. The number of hydrogen-bond donors (Lipinski definition) is 3. The summed E-state index contributed by atoms with van der Waals surface area (Å²) >= 11 is 0. The van der Waals surface area contributed by atoms with Gasteiger partial charge in [0.15, 0.2) is 5.76 Å². The molecule has 0 unspecified atom stereocenters. The van der Waals surface area contributed by atoms with Crippen LogP contribution in [0.25, 0.3) is 0 Å². The largest absolute Gasteiger partial charge is 0.511 e. The van der Waals surface area contributed by atoms with E-state index in [1.165, 1.54) is 103 Å². The van der Waals surface area contributed by atoms with E-state index in [4.69, 9.17) is 19.7 Å². The lowest BCUT2D eigenvalue weighted by atomic mass is 9.86. The normalized spacial score (nSPS) is 20.5.